The lowest BCUT2D eigenvalue weighted by Crippen LogP contribution is -2.02. The standard InChI is InChI=1S/C29H23N3S/c1-4-6-13-20(5-2)27-30-28(21-14-8-7-9-15-21)32-29(31-27)22-16-11-18-24-26(22)25-19(3)12-10-17-23(25)33-24/h4-18H,1H2,2-3H3/b13-6-,20-5+. The summed E-state index contributed by atoms with van der Waals surface area (Å²) in [4.78, 5) is 14.7. The first kappa shape index (κ1) is 21.0. The zero-order valence-corrected chi connectivity index (χ0v) is 19.4. The van der Waals surface area contributed by atoms with E-state index in [1.165, 1.54) is 25.7 Å². The third kappa shape index (κ3) is 3.90. The van der Waals surface area contributed by atoms with E-state index in [-0.39, 0.29) is 0 Å². The quantitative estimate of drug-likeness (QED) is 0.257. The van der Waals surface area contributed by atoms with Crippen LogP contribution in [0.2, 0.25) is 0 Å². The number of nitrogens with zero attached hydrogens (tertiary/aromatic N) is 3. The highest BCUT2D eigenvalue weighted by Crippen LogP contribution is 2.40. The van der Waals surface area contributed by atoms with Crippen LogP contribution in [0.15, 0.2) is 97.6 Å². The van der Waals surface area contributed by atoms with Crippen molar-refractivity contribution < 1.29 is 0 Å². The van der Waals surface area contributed by atoms with E-state index < -0.39 is 0 Å². The number of aryl methyl sites for hydroxylation is 1. The van der Waals surface area contributed by atoms with Crippen molar-refractivity contribution in [3.8, 4) is 22.8 Å². The molecule has 2 heterocycles. The van der Waals surface area contributed by atoms with Gasteiger partial charge in [0.2, 0.25) is 0 Å². The van der Waals surface area contributed by atoms with Crippen LogP contribution in [0.4, 0.5) is 0 Å². The molecule has 0 bridgehead atoms. The molecule has 160 valence electrons. The monoisotopic (exact) mass is 445 g/mol. The summed E-state index contributed by atoms with van der Waals surface area (Å²) in [5.41, 5.74) is 4.17. The topological polar surface area (TPSA) is 38.7 Å². The normalized spacial score (nSPS) is 12.1. The van der Waals surface area contributed by atoms with E-state index in [2.05, 4.69) is 49.9 Å². The minimum absolute atomic E-state index is 0.646. The minimum Gasteiger partial charge on any atom is -0.208 e. The largest absolute Gasteiger partial charge is 0.208 e. The molecule has 0 spiro atoms. The molecule has 0 aliphatic rings. The Balaban J connectivity index is 1.82. The maximum absolute atomic E-state index is 4.95. The van der Waals surface area contributed by atoms with Crippen molar-refractivity contribution in [2.24, 2.45) is 0 Å². The molecule has 0 atom stereocenters. The first-order valence-electron chi connectivity index (χ1n) is 10.9. The van der Waals surface area contributed by atoms with Gasteiger partial charge in [-0.15, -0.1) is 11.3 Å². The summed E-state index contributed by atoms with van der Waals surface area (Å²) < 4.78 is 2.51. The van der Waals surface area contributed by atoms with Gasteiger partial charge in [0, 0.05) is 36.9 Å². The Morgan fingerprint density at radius 2 is 1.55 bits per heavy atom. The van der Waals surface area contributed by atoms with Gasteiger partial charge < -0.3 is 0 Å². The summed E-state index contributed by atoms with van der Waals surface area (Å²) in [5, 5.41) is 2.48. The van der Waals surface area contributed by atoms with Crippen molar-refractivity contribution >= 4 is 37.1 Å². The van der Waals surface area contributed by atoms with Gasteiger partial charge in [-0.25, -0.2) is 15.0 Å². The number of fused-ring (bicyclic) bond motifs is 3. The summed E-state index contributed by atoms with van der Waals surface area (Å²) in [7, 11) is 0. The number of hydrogen-bond donors (Lipinski definition) is 0. The summed E-state index contributed by atoms with van der Waals surface area (Å²) in [6.07, 6.45) is 7.65. The molecule has 3 nitrogen and oxygen atoms in total. The predicted molar refractivity (Wildman–Crippen MR) is 141 cm³/mol. The average Bonchev–Trinajstić information content (AvgIpc) is 3.25. The molecule has 5 aromatic rings. The molecule has 0 N–H and O–H groups in total. The lowest BCUT2D eigenvalue weighted by atomic mass is 10.0. The second-order valence-corrected chi connectivity index (χ2v) is 8.82. The average molecular weight is 446 g/mol. The van der Waals surface area contributed by atoms with Crippen LogP contribution in [0, 0.1) is 6.92 Å². The number of benzene rings is 3. The van der Waals surface area contributed by atoms with Crippen molar-refractivity contribution in [1.82, 2.24) is 15.0 Å². The van der Waals surface area contributed by atoms with Crippen LogP contribution in [-0.2, 0) is 0 Å². The predicted octanol–water partition coefficient (Wildman–Crippen LogP) is 8.03. The molecule has 5 rings (SSSR count). The molecular formula is C29H23N3S. The summed E-state index contributed by atoms with van der Waals surface area (Å²) in [6.45, 7) is 7.95. The Kier molecular flexibility index (Phi) is 5.68. The SMILES string of the molecule is C=C/C=C\C(=C/C)c1nc(-c2ccccc2)nc(-c2cccc3sc4cccc(C)c4c23)n1. The van der Waals surface area contributed by atoms with Crippen LogP contribution in [0.1, 0.15) is 18.3 Å². The van der Waals surface area contributed by atoms with Gasteiger partial charge in [0.05, 0.1) is 0 Å². The van der Waals surface area contributed by atoms with Gasteiger partial charge in [-0.3, -0.25) is 0 Å². The summed E-state index contributed by atoms with van der Waals surface area (Å²) >= 11 is 1.81. The fourth-order valence-electron chi connectivity index (χ4n) is 4.04. The van der Waals surface area contributed by atoms with Crippen LogP contribution in [-0.4, -0.2) is 15.0 Å². The van der Waals surface area contributed by atoms with E-state index in [0.29, 0.717) is 17.5 Å². The Morgan fingerprint density at radius 3 is 2.30 bits per heavy atom. The van der Waals surface area contributed by atoms with E-state index in [0.717, 1.165) is 16.7 Å². The molecule has 2 aromatic heterocycles. The second kappa shape index (κ2) is 8.93. The molecule has 0 fully saturated rings. The number of rotatable bonds is 5. The van der Waals surface area contributed by atoms with Crippen LogP contribution in [0.3, 0.4) is 0 Å². The highest BCUT2D eigenvalue weighted by molar-refractivity contribution is 7.26. The fraction of sp³-hybridized carbons (Fsp3) is 0.0690. The lowest BCUT2D eigenvalue weighted by Gasteiger charge is -2.10. The summed E-state index contributed by atoms with van der Waals surface area (Å²) in [6, 6.07) is 22.9. The smallest absolute Gasteiger partial charge is 0.164 e. The van der Waals surface area contributed by atoms with E-state index in [1.54, 1.807) is 17.4 Å². The Labute approximate surface area is 197 Å². The van der Waals surface area contributed by atoms with Gasteiger partial charge in [-0.1, -0.05) is 85.5 Å². The first-order valence-corrected chi connectivity index (χ1v) is 11.7. The molecule has 0 unspecified atom stereocenters. The highest BCUT2D eigenvalue weighted by Gasteiger charge is 2.17. The van der Waals surface area contributed by atoms with Crippen molar-refractivity contribution in [1.29, 1.82) is 0 Å². The lowest BCUT2D eigenvalue weighted by molar-refractivity contribution is 1.04. The van der Waals surface area contributed by atoms with E-state index in [9.17, 15) is 0 Å². The zero-order chi connectivity index (χ0) is 22.8. The maximum atomic E-state index is 4.95. The van der Waals surface area contributed by atoms with Crippen LogP contribution in [0.25, 0.3) is 48.5 Å². The van der Waals surface area contributed by atoms with Gasteiger partial charge in [-0.05, 0) is 31.5 Å². The van der Waals surface area contributed by atoms with Gasteiger partial charge >= 0.3 is 0 Å². The third-order valence-corrected chi connectivity index (χ3v) is 6.74. The van der Waals surface area contributed by atoms with Gasteiger partial charge in [0.15, 0.2) is 17.5 Å². The Hall–Kier alpha value is -3.89. The molecule has 0 radical (unpaired) electrons. The van der Waals surface area contributed by atoms with Gasteiger partial charge in [0.1, 0.15) is 0 Å². The van der Waals surface area contributed by atoms with Gasteiger partial charge in [0.25, 0.3) is 0 Å². The molecule has 0 aliphatic heterocycles. The molecule has 33 heavy (non-hydrogen) atoms. The Morgan fingerprint density at radius 1 is 0.818 bits per heavy atom. The number of thiophene rings is 1. The molecule has 0 saturated heterocycles. The third-order valence-electron chi connectivity index (χ3n) is 5.62. The van der Waals surface area contributed by atoms with Crippen molar-refractivity contribution in [3.63, 3.8) is 0 Å². The fourth-order valence-corrected chi connectivity index (χ4v) is 5.25. The van der Waals surface area contributed by atoms with E-state index >= 15 is 0 Å². The summed E-state index contributed by atoms with van der Waals surface area (Å²) in [5.74, 6) is 1.99. The van der Waals surface area contributed by atoms with Crippen LogP contribution in [0.5, 0.6) is 0 Å². The Bertz CT molecular complexity index is 1540. The van der Waals surface area contributed by atoms with Crippen molar-refractivity contribution in [2.45, 2.75) is 13.8 Å². The van der Waals surface area contributed by atoms with E-state index in [4.69, 9.17) is 15.0 Å². The molecule has 4 heteroatoms. The van der Waals surface area contributed by atoms with Crippen molar-refractivity contribution in [2.75, 3.05) is 0 Å². The highest BCUT2D eigenvalue weighted by atomic mass is 32.1. The second-order valence-electron chi connectivity index (χ2n) is 7.74. The van der Waals surface area contributed by atoms with Crippen LogP contribution < -0.4 is 0 Å². The van der Waals surface area contributed by atoms with Gasteiger partial charge in [-0.2, -0.15) is 0 Å². The molecule has 3 aromatic carbocycles. The van der Waals surface area contributed by atoms with E-state index in [1.807, 2.05) is 55.5 Å². The number of aromatic nitrogens is 3. The molecule has 0 aliphatic carbocycles. The number of hydrogen-bond acceptors (Lipinski definition) is 4. The minimum atomic E-state index is 0.646. The van der Waals surface area contributed by atoms with Crippen LogP contribution >= 0.6 is 11.3 Å². The van der Waals surface area contributed by atoms with Crippen molar-refractivity contribution in [3.05, 3.63) is 109 Å². The maximum Gasteiger partial charge on any atom is 0.164 e. The molecule has 0 amide bonds. The number of allylic oxidation sites excluding steroid dienone is 5. The molecular weight excluding hydrogens is 422 g/mol. The molecule has 0 saturated carbocycles. The first-order chi connectivity index (χ1) is 16.2. The zero-order valence-electron chi connectivity index (χ0n) is 18.6.